The number of hydrogen-bond acceptors (Lipinski definition) is 7. The van der Waals surface area contributed by atoms with Crippen LogP contribution in [0.5, 0.6) is 0 Å². The molecule has 3 aromatic heterocycles. The number of aryl methyl sites for hydroxylation is 1. The molecule has 0 aromatic carbocycles. The molecule has 0 bridgehead atoms. The van der Waals surface area contributed by atoms with Crippen molar-refractivity contribution >= 4 is 40.3 Å². The highest BCUT2D eigenvalue weighted by atomic mass is 32.2. The molecule has 0 saturated heterocycles. The fourth-order valence-corrected chi connectivity index (χ4v) is 3.83. The lowest BCUT2D eigenvalue weighted by Gasteiger charge is -2.16. The number of fused-ring (bicyclic) bond motifs is 1. The average molecular weight is 375 g/mol. The van der Waals surface area contributed by atoms with Crippen LogP contribution in [-0.4, -0.2) is 27.0 Å². The Bertz CT molecular complexity index is 886. The first-order valence-corrected chi connectivity index (χ1v) is 10.3. The number of hydrogen-bond donors (Lipinski definition) is 1. The summed E-state index contributed by atoms with van der Waals surface area (Å²) in [5, 5.41) is 2.75. The Hall–Kier alpha value is -1.73. The van der Waals surface area contributed by atoms with E-state index in [2.05, 4.69) is 41.8 Å². The average Bonchev–Trinajstić information content (AvgIpc) is 2.97. The van der Waals surface area contributed by atoms with Gasteiger partial charge in [-0.05, 0) is 24.2 Å². The van der Waals surface area contributed by atoms with Gasteiger partial charge in [-0.25, -0.2) is 9.97 Å². The van der Waals surface area contributed by atoms with Crippen LogP contribution < -0.4 is 5.73 Å². The first kappa shape index (κ1) is 18.1. The van der Waals surface area contributed by atoms with Gasteiger partial charge >= 0.3 is 0 Å². The second-order valence-corrected chi connectivity index (χ2v) is 8.68. The second kappa shape index (κ2) is 7.25. The molecule has 25 heavy (non-hydrogen) atoms. The molecule has 0 aliphatic rings. The summed E-state index contributed by atoms with van der Waals surface area (Å²) >= 11 is 3.16. The number of aromatic nitrogens is 3. The van der Waals surface area contributed by atoms with Crippen LogP contribution in [0.15, 0.2) is 39.2 Å². The van der Waals surface area contributed by atoms with Gasteiger partial charge in [0.15, 0.2) is 10.7 Å². The molecule has 0 saturated carbocycles. The predicted octanol–water partition coefficient (Wildman–Crippen LogP) is 4.55. The second-order valence-electron chi connectivity index (χ2n) is 6.79. The Labute approximate surface area is 156 Å². The summed E-state index contributed by atoms with van der Waals surface area (Å²) in [6, 6.07) is 3.92. The maximum absolute atomic E-state index is 5.83. The first-order valence-electron chi connectivity index (χ1n) is 8.05. The molecule has 0 unspecified atom stereocenters. The van der Waals surface area contributed by atoms with Crippen molar-refractivity contribution in [1.82, 2.24) is 15.0 Å². The van der Waals surface area contributed by atoms with Gasteiger partial charge in [0.2, 0.25) is 0 Å². The number of nitrogen functional groups attached to an aromatic ring is 1. The normalized spacial score (nSPS) is 12.0. The minimum absolute atomic E-state index is 0.0439. The molecule has 3 heterocycles. The van der Waals surface area contributed by atoms with Crippen LogP contribution in [0, 0.1) is 0 Å². The summed E-state index contributed by atoms with van der Waals surface area (Å²) < 4.78 is 5.64. The predicted molar refractivity (Wildman–Crippen MR) is 105 cm³/mol. The molecule has 0 aliphatic heterocycles. The van der Waals surface area contributed by atoms with Gasteiger partial charge in [0.25, 0.3) is 0 Å². The minimum atomic E-state index is 0.0439. The summed E-state index contributed by atoms with van der Waals surface area (Å²) in [6.45, 7) is 6.56. The molecule has 0 amide bonds. The molecule has 0 atom stereocenters. The monoisotopic (exact) mass is 374 g/mol. The molecule has 132 valence electrons. The van der Waals surface area contributed by atoms with Crippen molar-refractivity contribution in [3.8, 4) is 0 Å². The maximum atomic E-state index is 5.83. The van der Waals surface area contributed by atoms with Gasteiger partial charge in [0.1, 0.15) is 10.8 Å². The van der Waals surface area contributed by atoms with E-state index in [1.807, 2.05) is 18.7 Å². The zero-order valence-electron chi connectivity index (χ0n) is 14.9. The van der Waals surface area contributed by atoms with Gasteiger partial charge in [-0.3, -0.25) is 4.98 Å². The Morgan fingerprint density at radius 3 is 2.72 bits per heavy atom. The maximum Gasteiger partial charge on any atom is 0.190 e. The summed E-state index contributed by atoms with van der Waals surface area (Å²) in [5.74, 6) is 1.35. The Morgan fingerprint density at radius 1 is 1.20 bits per heavy atom. The lowest BCUT2D eigenvalue weighted by molar-refractivity contribution is 0.557. The molecule has 3 rings (SSSR count). The van der Waals surface area contributed by atoms with Crippen molar-refractivity contribution in [2.24, 2.45) is 0 Å². The summed E-state index contributed by atoms with van der Waals surface area (Å²) in [7, 11) is 0. The van der Waals surface area contributed by atoms with Gasteiger partial charge in [-0.15, -0.1) is 11.8 Å². The number of pyridine rings is 1. The van der Waals surface area contributed by atoms with E-state index in [1.54, 1.807) is 29.6 Å². The van der Waals surface area contributed by atoms with Crippen LogP contribution in [0.4, 0.5) is 5.82 Å². The van der Waals surface area contributed by atoms with E-state index in [0.717, 1.165) is 33.9 Å². The van der Waals surface area contributed by atoms with Crippen LogP contribution >= 0.6 is 23.5 Å². The largest absolute Gasteiger partial charge is 0.462 e. The van der Waals surface area contributed by atoms with Crippen molar-refractivity contribution in [2.45, 2.75) is 42.8 Å². The van der Waals surface area contributed by atoms with Crippen molar-refractivity contribution in [1.29, 1.82) is 0 Å². The number of anilines is 1. The van der Waals surface area contributed by atoms with Crippen molar-refractivity contribution in [2.75, 3.05) is 17.7 Å². The lowest BCUT2D eigenvalue weighted by atomic mass is 9.87. The zero-order valence-corrected chi connectivity index (χ0v) is 16.5. The molecule has 0 spiro atoms. The number of nitrogens with two attached hydrogens (primary N) is 1. The molecular formula is C18H22N4OS2. The number of nitrogens with zero attached hydrogens (tertiary/aromatic N) is 3. The summed E-state index contributed by atoms with van der Waals surface area (Å²) in [6.07, 6.45) is 6.47. The molecule has 3 aromatic rings. The summed E-state index contributed by atoms with van der Waals surface area (Å²) in [5.41, 5.74) is 8.96. The zero-order chi connectivity index (χ0) is 18.0. The minimum Gasteiger partial charge on any atom is -0.462 e. The standard InChI is InChI=1S/C18H22N4OS2/c1-18(2,3)13-10-23-14-9-20-11(7-12(13)14)5-6-25-17-21-15(19)8-16(22-17)24-4/h7-10H,5-6H2,1-4H3,(H2,19,21,22). The van der Waals surface area contributed by atoms with Crippen LogP contribution in [0.3, 0.4) is 0 Å². The topological polar surface area (TPSA) is 77.8 Å². The van der Waals surface area contributed by atoms with E-state index in [9.17, 15) is 0 Å². The van der Waals surface area contributed by atoms with E-state index in [-0.39, 0.29) is 5.41 Å². The molecule has 0 fully saturated rings. The highest BCUT2D eigenvalue weighted by Gasteiger charge is 2.20. The van der Waals surface area contributed by atoms with Crippen LogP contribution in [0.2, 0.25) is 0 Å². The SMILES string of the molecule is CSc1cc(N)nc(SCCc2cc3c(C(C)(C)C)coc3cn2)n1. The lowest BCUT2D eigenvalue weighted by Crippen LogP contribution is -2.10. The fourth-order valence-electron chi connectivity index (χ4n) is 2.53. The highest BCUT2D eigenvalue weighted by Crippen LogP contribution is 2.32. The third kappa shape index (κ3) is 4.27. The third-order valence-corrected chi connectivity index (χ3v) is 5.30. The molecule has 2 N–H and O–H groups in total. The van der Waals surface area contributed by atoms with Gasteiger partial charge in [-0.2, -0.15) is 0 Å². The quantitative estimate of drug-likeness (QED) is 0.398. The van der Waals surface area contributed by atoms with Gasteiger partial charge in [0, 0.05) is 28.5 Å². The van der Waals surface area contributed by atoms with E-state index in [1.165, 1.54) is 5.56 Å². The number of rotatable bonds is 5. The van der Waals surface area contributed by atoms with Crippen molar-refractivity contribution < 1.29 is 4.42 Å². The van der Waals surface area contributed by atoms with Gasteiger partial charge in [0.05, 0.1) is 12.5 Å². The first-order chi connectivity index (χ1) is 11.9. The third-order valence-electron chi connectivity index (χ3n) is 3.83. The van der Waals surface area contributed by atoms with Crippen LogP contribution in [-0.2, 0) is 11.8 Å². The van der Waals surface area contributed by atoms with E-state index < -0.39 is 0 Å². The van der Waals surface area contributed by atoms with Crippen LogP contribution in [0.1, 0.15) is 32.0 Å². The Kier molecular flexibility index (Phi) is 5.24. The fraction of sp³-hybridized carbons (Fsp3) is 0.389. The van der Waals surface area contributed by atoms with Crippen molar-refractivity contribution in [3.63, 3.8) is 0 Å². The Morgan fingerprint density at radius 2 is 2.00 bits per heavy atom. The van der Waals surface area contributed by atoms with E-state index in [0.29, 0.717) is 11.0 Å². The molecule has 0 radical (unpaired) electrons. The van der Waals surface area contributed by atoms with E-state index >= 15 is 0 Å². The van der Waals surface area contributed by atoms with E-state index in [4.69, 9.17) is 10.2 Å². The Balaban J connectivity index is 1.72. The molecule has 7 heteroatoms. The number of furan rings is 1. The molecule has 5 nitrogen and oxygen atoms in total. The number of thioether (sulfide) groups is 2. The van der Waals surface area contributed by atoms with Crippen molar-refractivity contribution in [3.05, 3.63) is 35.9 Å². The van der Waals surface area contributed by atoms with Crippen LogP contribution in [0.25, 0.3) is 11.0 Å². The van der Waals surface area contributed by atoms with Gasteiger partial charge in [-0.1, -0.05) is 32.5 Å². The van der Waals surface area contributed by atoms with Gasteiger partial charge < -0.3 is 10.2 Å². The smallest absolute Gasteiger partial charge is 0.190 e. The molecular weight excluding hydrogens is 352 g/mol. The molecule has 0 aliphatic carbocycles. The summed E-state index contributed by atoms with van der Waals surface area (Å²) in [4.78, 5) is 13.3. The highest BCUT2D eigenvalue weighted by molar-refractivity contribution is 7.99.